The number of aliphatic imine (C=N–C) groups is 1. The van der Waals surface area contributed by atoms with Gasteiger partial charge in [-0.15, -0.1) is 0 Å². The fourth-order valence-electron chi connectivity index (χ4n) is 1.44. The molecule has 2 rings (SSSR count). The van der Waals surface area contributed by atoms with Crippen LogP contribution in [0.1, 0.15) is 25.1 Å². The normalized spacial score (nSPS) is 18.1. The van der Waals surface area contributed by atoms with Crippen LogP contribution in [0.4, 0.5) is 0 Å². The molecule has 0 radical (unpaired) electrons. The minimum Gasteiger partial charge on any atom is -0.357 e. The Morgan fingerprint density at radius 1 is 1.47 bits per heavy atom. The third-order valence-electron chi connectivity index (χ3n) is 2.27. The first kappa shape index (κ1) is 10.5. The second-order valence-electron chi connectivity index (χ2n) is 3.51. The van der Waals surface area contributed by atoms with Crippen molar-refractivity contribution in [2.75, 3.05) is 12.3 Å². The minimum atomic E-state index is 0.232. The molecule has 1 aliphatic heterocycles. The van der Waals surface area contributed by atoms with Crippen molar-refractivity contribution in [3.05, 3.63) is 30.1 Å². The van der Waals surface area contributed by atoms with Gasteiger partial charge in [-0.3, -0.25) is 9.98 Å². The predicted octanol–water partition coefficient (Wildman–Crippen LogP) is 2.23. The standard InChI is InChI=1S/C11H15N3S/c1-9(10-5-2-3-6-12-10)14-11-13-7-4-8-15-11/h2-3,5-6,9H,4,7-8H2,1H3,(H,13,14). The SMILES string of the molecule is CC(NC1=NCCCS1)c1ccccn1. The molecule has 1 aromatic rings. The molecule has 3 nitrogen and oxygen atoms in total. The zero-order chi connectivity index (χ0) is 10.5. The monoisotopic (exact) mass is 221 g/mol. The summed E-state index contributed by atoms with van der Waals surface area (Å²) in [5, 5.41) is 4.44. The van der Waals surface area contributed by atoms with Gasteiger partial charge < -0.3 is 5.32 Å². The van der Waals surface area contributed by atoms with Crippen LogP contribution in [0, 0.1) is 0 Å². The van der Waals surface area contributed by atoms with Crippen LogP contribution in [0.2, 0.25) is 0 Å². The van der Waals surface area contributed by atoms with Crippen LogP contribution in [-0.2, 0) is 0 Å². The van der Waals surface area contributed by atoms with E-state index in [1.165, 1.54) is 12.2 Å². The Kier molecular flexibility index (Phi) is 3.61. The average Bonchev–Trinajstić information content (AvgIpc) is 2.31. The number of pyridine rings is 1. The molecular weight excluding hydrogens is 206 g/mol. The fraction of sp³-hybridized carbons (Fsp3) is 0.455. The Bertz CT molecular complexity index is 337. The Morgan fingerprint density at radius 2 is 2.40 bits per heavy atom. The first-order valence-electron chi connectivity index (χ1n) is 5.21. The molecule has 1 N–H and O–H groups in total. The molecule has 4 heteroatoms. The summed E-state index contributed by atoms with van der Waals surface area (Å²) in [4.78, 5) is 8.75. The summed E-state index contributed by atoms with van der Waals surface area (Å²) in [7, 11) is 0. The quantitative estimate of drug-likeness (QED) is 0.832. The summed E-state index contributed by atoms with van der Waals surface area (Å²) in [6, 6.07) is 6.21. The van der Waals surface area contributed by atoms with Gasteiger partial charge in [0, 0.05) is 18.5 Å². The summed E-state index contributed by atoms with van der Waals surface area (Å²) < 4.78 is 0. The zero-order valence-corrected chi connectivity index (χ0v) is 9.63. The summed E-state index contributed by atoms with van der Waals surface area (Å²) >= 11 is 1.80. The molecular formula is C11H15N3S. The predicted molar refractivity (Wildman–Crippen MR) is 65.2 cm³/mol. The second kappa shape index (κ2) is 5.16. The number of hydrogen-bond acceptors (Lipinski definition) is 4. The fourth-order valence-corrected chi connectivity index (χ4v) is 2.35. The van der Waals surface area contributed by atoms with Crippen molar-refractivity contribution in [3.63, 3.8) is 0 Å². The number of hydrogen-bond donors (Lipinski definition) is 1. The summed E-state index contributed by atoms with van der Waals surface area (Å²) in [5.74, 6) is 1.17. The minimum absolute atomic E-state index is 0.232. The van der Waals surface area contributed by atoms with E-state index in [1.54, 1.807) is 11.8 Å². The molecule has 0 saturated carbocycles. The number of nitrogens with zero attached hydrogens (tertiary/aromatic N) is 2. The van der Waals surface area contributed by atoms with Gasteiger partial charge in [0.05, 0.1) is 11.7 Å². The lowest BCUT2D eigenvalue weighted by atomic mass is 10.2. The lowest BCUT2D eigenvalue weighted by Crippen LogP contribution is -2.27. The smallest absolute Gasteiger partial charge is 0.157 e. The van der Waals surface area contributed by atoms with Gasteiger partial charge in [-0.25, -0.2) is 0 Å². The van der Waals surface area contributed by atoms with E-state index in [0.717, 1.165) is 17.4 Å². The van der Waals surface area contributed by atoms with Gasteiger partial charge in [0.15, 0.2) is 5.17 Å². The van der Waals surface area contributed by atoms with Crippen molar-refractivity contribution in [1.82, 2.24) is 10.3 Å². The van der Waals surface area contributed by atoms with Crippen molar-refractivity contribution >= 4 is 16.9 Å². The van der Waals surface area contributed by atoms with E-state index in [4.69, 9.17) is 0 Å². The van der Waals surface area contributed by atoms with Gasteiger partial charge in [-0.1, -0.05) is 17.8 Å². The van der Waals surface area contributed by atoms with Crippen LogP contribution in [0.15, 0.2) is 29.4 Å². The van der Waals surface area contributed by atoms with E-state index in [9.17, 15) is 0 Å². The van der Waals surface area contributed by atoms with Gasteiger partial charge in [0.2, 0.25) is 0 Å². The molecule has 0 fully saturated rings. The molecule has 0 aliphatic carbocycles. The van der Waals surface area contributed by atoms with Gasteiger partial charge >= 0.3 is 0 Å². The van der Waals surface area contributed by atoms with Gasteiger partial charge in [0.1, 0.15) is 0 Å². The maximum Gasteiger partial charge on any atom is 0.157 e. The molecule has 1 aliphatic rings. The van der Waals surface area contributed by atoms with Crippen LogP contribution < -0.4 is 5.32 Å². The Hall–Kier alpha value is -1.03. The zero-order valence-electron chi connectivity index (χ0n) is 8.81. The Balaban J connectivity index is 1.97. The highest BCUT2D eigenvalue weighted by Gasteiger charge is 2.11. The highest BCUT2D eigenvalue weighted by atomic mass is 32.2. The summed E-state index contributed by atoms with van der Waals surface area (Å²) in [6.07, 6.45) is 3.01. The van der Waals surface area contributed by atoms with Crippen molar-refractivity contribution in [1.29, 1.82) is 0 Å². The largest absolute Gasteiger partial charge is 0.357 e. The van der Waals surface area contributed by atoms with Crippen molar-refractivity contribution < 1.29 is 0 Å². The number of rotatable bonds is 2. The second-order valence-corrected chi connectivity index (χ2v) is 4.59. The summed E-state index contributed by atoms with van der Waals surface area (Å²) in [5.41, 5.74) is 1.06. The maximum absolute atomic E-state index is 4.44. The van der Waals surface area contributed by atoms with Crippen LogP contribution >= 0.6 is 11.8 Å². The molecule has 1 unspecified atom stereocenters. The summed E-state index contributed by atoms with van der Waals surface area (Å²) in [6.45, 7) is 3.06. The maximum atomic E-state index is 4.44. The highest BCUT2D eigenvalue weighted by molar-refractivity contribution is 8.13. The van der Waals surface area contributed by atoms with Gasteiger partial charge in [-0.2, -0.15) is 0 Å². The van der Waals surface area contributed by atoms with E-state index in [0.29, 0.717) is 0 Å². The molecule has 80 valence electrons. The lowest BCUT2D eigenvalue weighted by molar-refractivity contribution is 0.693. The molecule has 0 amide bonds. The number of nitrogens with one attached hydrogen (secondary N) is 1. The number of amidine groups is 1. The van der Waals surface area contributed by atoms with Crippen molar-refractivity contribution in [3.8, 4) is 0 Å². The third-order valence-corrected chi connectivity index (χ3v) is 3.28. The Labute approximate surface area is 94.4 Å². The molecule has 0 bridgehead atoms. The molecule has 15 heavy (non-hydrogen) atoms. The van der Waals surface area contributed by atoms with Crippen molar-refractivity contribution in [2.45, 2.75) is 19.4 Å². The van der Waals surface area contributed by atoms with Crippen LogP contribution in [0.25, 0.3) is 0 Å². The van der Waals surface area contributed by atoms with Crippen LogP contribution in [-0.4, -0.2) is 22.4 Å². The first-order chi connectivity index (χ1) is 7.36. The first-order valence-corrected chi connectivity index (χ1v) is 6.19. The third kappa shape index (κ3) is 2.96. The molecule has 0 aromatic carbocycles. The van der Waals surface area contributed by atoms with E-state index < -0.39 is 0 Å². The van der Waals surface area contributed by atoms with Crippen molar-refractivity contribution in [2.24, 2.45) is 4.99 Å². The molecule has 1 atom stereocenters. The molecule has 2 heterocycles. The van der Waals surface area contributed by atoms with E-state index >= 15 is 0 Å². The lowest BCUT2D eigenvalue weighted by Gasteiger charge is -2.18. The van der Waals surface area contributed by atoms with E-state index in [2.05, 4.69) is 22.2 Å². The highest BCUT2D eigenvalue weighted by Crippen LogP contribution is 2.15. The molecule has 0 spiro atoms. The van der Waals surface area contributed by atoms with E-state index in [-0.39, 0.29) is 6.04 Å². The van der Waals surface area contributed by atoms with Gasteiger partial charge in [-0.05, 0) is 25.5 Å². The number of aromatic nitrogens is 1. The Morgan fingerprint density at radius 3 is 3.07 bits per heavy atom. The average molecular weight is 221 g/mol. The molecule has 0 saturated heterocycles. The van der Waals surface area contributed by atoms with Crippen LogP contribution in [0.5, 0.6) is 0 Å². The number of thioether (sulfide) groups is 1. The topological polar surface area (TPSA) is 37.3 Å². The van der Waals surface area contributed by atoms with E-state index in [1.807, 2.05) is 24.4 Å². The molecule has 1 aromatic heterocycles. The van der Waals surface area contributed by atoms with Crippen LogP contribution in [0.3, 0.4) is 0 Å². The van der Waals surface area contributed by atoms with Gasteiger partial charge in [0.25, 0.3) is 0 Å².